The van der Waals surface area contributed by atoms with Crippen molar-refractivity contribution in [3.8, 4) is 11.4 Å². The molecular weight excluding hydrogens is 460 g/mol. The first kappa shape index (κ1) is 19.0. The quantitative estimate of drug-likeness (QED) is 0.278. The third-order valence-corrected chi connectivity index (χ3v) is 5.77. The lowest BCUT2D eigenvalue weighted by Crippen LogP contribution is -2.00. The standard InChI is InChI=1S/C24H16BrClN4/c1-14-5-4-6-15-13-19(22(26)29-21(14)15)24-28-20-8-3-2-7-18(20)23(30-24)27-17-11-9-16(25)10-12-17/h2-13H,1H3,(H,27,28,30). The number of hydrogen-bond acceptors (Lipinski definition) is 4. The molecule has 0 saturated carbocycles. The fraction of sp³-hybridized carbons (Fsp3) is 0.0417. The first-order valence-corrected chi connectivity index (χ1v) is 10.6. The number of para-hydroxylation sites is 2. The molecule has 0 aliphatic rings. The molecule has 2 aromatic heterocycles. The predicted molar refractivity (Wildman–Crippen MR) is 127 cm³/mol. The van der Waals surface area contributed by atoms with Crippen LogP contribution in [0.3, 0.4) is 0 Å². The molecule has 0 saturated heterocycles. The van der Waals surface area contributed by atoms with Gasteiger partial charge in [0.1, 0.15) is 11.0 Å². The molecule has 5 rings (SSSR count). The Morgan fingerprint density at radius 1 is 0.867 bits per heavy atom. The molecule has 2 heterocycles. The molecule has 5 aromatic rings. The van der Waals surface area contributed by atoms with E-state index in [-0.39, 0.29) is 0 Å². The van der Waals surface area contributed by atoms with Crippen LogP contribution in [0.1, 0.15) is 5.56 Å². The van der Waals surface area contributed by atoms with E-state index in [1.807, 2.05) is 79.7 Å². The molecule has 4 nitrogen and oxygen atoms in total. The summed E-state index contributed by atoms with van der Waals surface area (Å²) in [5, 5.41) is 5.75. The van der Waals surface area contributed by atoms with Crippen LogP contribution in [0.4, 0.5) is 11.5 Å². The van der Waals surface area contributed by atoms with Crippen LogP contribution in [0.25, 0.3) is 33.2 Å². The van der Waals surface area contributed by atoms with Crippen LogP contribution >= 0.6 is 27.5 Å². The van der Waals surface area contributed by atoms with Crippen LogP contribution < -0.4 is 5.32 Å². The fourth-order valence-electron chi connectivity index (χ4n) is 3.44. The van der Waals surface area contributed by atoms with E-state index in [0.717, 1.165) is 43.3 Å². The summed E-state index contributed by atoms with van der Waals surface area (Å²) >= 11 is 10.0. The van der Waals surface area contributed by atoms with E-state index in [9.17, 15) is 0 Å². The maximum atomic E-state index is 6.57. The number of fused-ring (bicyclic) bond motifs is 2. The van der Waals surface area contributed by atoms with Gasteiger partial charge in [-0.1, -0.05) is 57.9 Å². The lowest BCUT2D eigenvalue weighted by Gasteiger charge is -2.12. The van der Waals surface area contributed by atoms with Crippen molar-refractivity contribution in [3.05, 3.63) is 88.0 Å². The second-order valence-corrected chi connectivity index (χ2v) is 8.29. The Morgan fingerprint density at radius 3 is 2.50 bits per heavy atom. The molecule has 0 amide bonds. The van der Waals surface area contributed by atoms with E-state index in [2.05, 4.69) is 26.2 Å². The van der Waals surface area contributed by atoms with Crippen LogP contribution in [0.5, 0.6) is 0 Å². The highest BCUT2D eigenvalue weighted by Gasteiger charge is 2.15. The Hall–Kier alpha value is -3.02. The van der Waals surface area contributed by atoms with Crippen LogP contribution in [-0.2, 0) is 0 Å². The zero-order chi connectivity index (χ0) is 20.7. The first-order valence-electron chi connectivity index (χ1n) is 9.44. The maximum absolute atomic E-state index is 6.57. The molecule has 146 valence electrons. The van der Waals surface area contributed by atoms with Crippen LogP contribution in [0, 0.1) is 6.92 Å². The van der Waals surface area contributed by atoms with Gasteiger partial charge in [0.2, 0.25) is 0 Å². The number of pyridine rings is 1. The van der Waals surface area contributed by atoms with Crippen LogP contribution in [0.2, 0.25) is 5.15 Å². The number of aromatic nitrogens is 3. The van der Waals surface area contributed by atoms with Gasteiger partial charge in [0, 0.05) is 20.9 Å². The van der Waals surface area contributed by atoms with E-state index >= 15 is 0 Å². The zero-order valence-corrected chi connectivity index (χ0v) is 18.4. The number of nitrogens with one attached hydrogen (secondary N) is 1. The summed E-state index contributed by atoms with van der Waals surface area (Å²) < 4.78 is 1.02. The maximum Gasteiger partial charge on any atom is 0.165 e. The van der Waals surface area contributed by atoms with Crippen molar-refractivity contribution in [1.29, 1.82) is 0 Å². The first-order chi connectivity index (χ1) is 14.6. The Morgan fingerprint density at radius 2 is 1.67 bits per heavy atom. The van der Waals surface area contributed by atoms with Crippen molar-refractivity contribution in [2.75, 3.05) is 5.32 Å². The molecular formula is C24H16BrClN4. The van der Waals surface area contributed by atoms with Crippen molar-refractivity contribution < 1.29 is 0 Å². The van der Waals surface area contributed by atoms with Gasteiger partial charge in [-0.2, -0.15) is 0 Å². The number of hydrogen-bond donors (Lipinski definition) is 1. The molecule has 30 heavy (non-hydrogen) atoms. The molecule has 0 aliphatic carbocycles. The summed E-state index contributed by atoms with van der Waals surface area (Å²) in [5.41, 5.74) is 4.45. The van der Waals surface area contributed by atoms with E-state index in [1.54, 1.807) is 0 Å². The SMILES string of the molecule is Cc1cccc2cc(-c3nc(Nc4ccc(Br)cc4)c4ccccc4n3)c(Cl)nc12. The van der Waals surface area contributed by atoms with Gasteiger partial charge in [0.15, 0.2) is 5.82 Å². The number of benzene rings is 3. The second kappa shape index (κ2) is 7.67. The summed E-state index contributed by atoms with van der Waals surface area (Å²) in [4.78, 5) is 14.2. The van der Waals surface area contributed by atoms with Crippen molar-refractivity contribution in [2.24, 2.45) is 0 Å². The van der Waals surface area contributed by atoms with Crippen molar-refractivity contribution in [3.63, 3.8) is 0 Å². The van der Waals surface area contributed by atoms with Gasteiger partial charge in [-0.3, -0.25) is 0 Å². The topological polar surface area (TPSA) is 50.7 Å². The Balaban J connectivity index is 1.69. The van der Waals surface area contributed by atoms with Crippen molar-refractivity contribution in [1.82, 2.24) is 15.0 Å². The van der Waals surface area contributed by atoms with E-state index < -0.39 is 0 Å². The monoisotopic (exact) mass is 474 g/mol. The van der Waals surface area contributed by atoms with Gasteiger partial charge in [-0.05, 0) is 55.0 Å². The molecule has 0 fully saturated rings. The molecule has 3 aromatic carbocycles. The average Bonchev–Trinajstić information content (AvgIpc) is 2.75. The lowest BCUT2D eigenvalue weighted by molar-refractivity contribution is 1.21. The van der Waals surface area contributed by atoms with Gasteiger partial charge in [0.25, 0.3) is 0 Å². The lowest BCUT2D eigenvalue weighted by atomic mass is 10.1. The second-order valence-electron chi connectivity index (χ2n) is 7.02. The Bertz CT molecular complexity index is 1400. The van der Waals surface area contributed by atoms with E-state index in [0.29, 0.717) is 16.5 Å². The fourth-order valence-corrected chi connectivity index (χ4v) is 3.93. The van der Waals surface area contributed by atoms with Crippen LogP contribution in [0.15, 0.2) is 77.3 Å². The highest BCUT2D eigenvalue weighted by molar-refractivity contribution is 9.10. The summed E-state index contributed by atoms with van der Waals surface area (Å²) in [7, 11) is 0. The molecule has 0 radical (unpaired) electrons. The molecule has 6 heteroatoms. The predicted octanol–water partition coefficient (Wildman–Crippen LogP) is 7.31. The van der Waals surface area contributed by atoms with Gasteiger partial charge in [0.05, 0.1) is 16.6 Å². The van der Waals surface area contributed by atoms with Crippen molar-refractivity contribution >= 4 is 60.8 Å². The third kappa shape index (κ3) is 3.51. The normalized spacial score (nSPS) is 11.2. The number of aryl methyl sites for hydroxylation is 1. The molecule has 0 unspecified atom stereocenters. The number of halogens is 2. The van der Waals surface area contributed by atoms with Gasteiger partial charge < -0.3 is 5.32 Å². The highest BCUT2D eigenvalue weighted by atomic mass is 79.9. The Labute approximate surface area is 187 Å². The molecule has 0 spiro atoms. The number of anilines is 2. The summed E-state index contributed by atoms with van der Waals surface area (Å²) in [6, 6.07) is 23.9. The number of nitrogens with zero attached hydrogens (tertiary/aromatic N) is 3. The average molecular weight is 476 g/mol. The molecule has 1 N–H and O–H groups in total. The van der Waals surface area contributed by atoms with E-state index in [1.165, 1.54) is 0 Å². The molecule has 0 aliphatic heterocycles. The van der Waals surface area contributed by atoms with Gasteiger partial charge >= 0.3 is 0 Å². The van der Waals surface area contributed by atoms with Gasteiger partial charge in [-0.25, -0.2) is 15.0 Å². The Kier molecular flexibility index (Phi) is 4.85. The minimum absolute atomic E-state index is 0.390. The van der Waals surface area contributed by atoms with Gasteiger partial charge in [-0.15, -0.1) is 0 Å². The molecule has 0 bridgehead atoms. The zero-order valence-electron chi connectivity index (χ0n) is 16.0. The summed E-state index contributed by atoms with van der Waals surface area (Å²) in [6.45, 7) is 2.03. The van der Waals surface area contributed by atoms with E-state index in [4.69, 9.17) is 21.6 Å². The molecule has 0 atom stereocenters. The third-order valence-electron chi connectivity index (χ3n) is 4.95. The van der Waals surface area contributed by atoms with Crippen molar-refractivity contribution in [2.45, 2.75) is 6.92 Å². The smallest absolute Gasteiger partial charge is 0.165 e. The number of rotatable bonds is 3. The summed E-state index contributed by atoms with van der Waals surface area (Å²) in [5.74, 6) is 1.26. The minimum atomic E-state index is 0.390. The largest absolute Gasteiger partial charge is 0.340 e. The van der Waals surface area contributed by atoms with Crippen LogP contribution in [-0.4, -0.2) is 15.0 Å². The highest BCUT2D eigenvalue weighted by Crippen LogP contribution is 2.32. The minimum Gasteiger partial charge on any atom is -0.340 e. The summed E-state index contributed by atoms with van der Waals surface area (Å²) in [6.07, 6.45) is 0.